The van der Waals surface area contributed by atoms with Crippen molar-refractivity contribution in [3.8, 4) is 6.07 Å². The second-order valence-corrected chi connectivity index (χ2v) is 5.92. The van der Waals surface area contributed by atoms with Gasteiger partial charge in [-0.1, -0.05) is 38.8 Å². The molecule has 2 rings (SSSR count). The summed E-state index contributed by atoms with van der Waals surface area (Å²) in [5.74, 6) is 1.63. The Balaban J connectivity index is 0.000000492. The Morgan fingerprint density at radius 3 is 2.11 bits per heavy atom. The Morgan fingerprint density at radius 1 is 1.17 bits per heavy atom. The van der Waals surface area contributed by atoms with Crippen LogP contribution in [0.4, 0.5) is 0 Å². The van der Waals surface area contributed by atoms with E-state index in [-0.39, 0.29) is 0 Å². The molecule has 0 amide bonds. The van der Waals surface area contributed by atoms with Crippen LogP contribution in [0.1, 0.15) is 56.6 Å². The van der Waals surface area contributed by atoms with Crippen LogP contribution >= 0.6 is 9.24 Å². The maximum absolute atomic E-state index is 8.72. The van der Waals surface area contributed by atoms with Crippen molar-refractivity contribution in [3.05, 3.63) is 35.4 Å². The minimum absolute atomic E-state index is 0.731. The highest BCUT2D eigenvalue weighted by atomic mass is 31.0. The van der Waals surface area contributed by atoms with Crippen LogP contribution in [-0.4, -0.2) is 6.16 Å². The molecule has 0 N–H and O–H groups in total. The van der Waals surface area contributed by atoms with Crippen molar-refractivity contribution in [2.45, 2.75) is 45.4 Å². The maximum Gasteiger partial charge on any atom is 0.0991 e. The zero-order valence-electron chi connectivity index (χ0n) is 11.5. The molecular formula is C16H24NP. The van der Waals surface area contributed by atoms with E-state index in [1.807, 2.05) is 12.1 Å². The molecule has 18 heavy (non-hydrogen) atoms. The molecule has 1 aliphatic carbocycles. The summed E-state index contributed by atoms with van der Waals surface area (Å²) in [6.45, 7) is 4.43. The number of nitriles is 1. The third-order valence-corrected chi connectivity index (χ3v) is 3.53. The van der Waals surface area contributed by atoms with E-state index in [1.165, 1.54) is 37.4 Å². The highest BCUT2D eigenvalue weighted by Gasteiger charge is 2.19. The molecule has 1 nitrogen and oxygen atoms in total. The zero-order valence-corrected chi connectivity index (χ0v) is 12.7. The molecule has 1 aromatic rings. The molecule has 1 fully saturated rings. The lowest BCUT2D eigenvalue weighted by atomic mass is 9.79. The average molecular weight is 261 g/mol. The molecule has 98 valence electrons. The predicted octanol–water partition coefficient (Wildman–Crippen LogP) is 4.73. The summed E-state index contributed by atoms with van der Waals surface area (Å²) in [6, 6.07) is 10.3. The third-order valence-electron chi connectivity index (χ3n) is 3.53. The summed E-state index contributed by atoms with van der Waals surface area (Å²) in [5, 5.41) is 8.72. The lowest BCUT2D eigenvalue weighted by Gasteiger charge is -2.26. The van der Waals surface area contributed by atoms with Crippen LogP contribution < -0.4 is 0 Å². The van der Waals surface area contributed by atoms with Gasteiger partial charge in [0.2, 0.25) is 0 Å². The molecule has 0 aromatic heterocycles. The molecular weight excluding hydrogens is 237 g/mol. The van der Waals surface area contributed by atoms with E-state index in [4.69, 9.17) is 5.26 Å². The fourth-order valence-corrected chi connectivity index (χ4v) is 2.42. The molecule has 1 aromatic carbocycles. The van der Waals surface area contributed by atoms with Crippen LogP contribution in [0.2, 0.25) is 0 Å². The van der Waals surface area contributed by atoms with Crippen molar-refractivity contribution in [1.82, 2.24) is 0 Å². The van der Waals surface area contributed by atoms with E-state index in [0.29, 0.717) is 0 Å². The highest BCUT2D eigenvalue weighted by molar-refractivity contribution is 7.16. The topological polar surface area (TPSA) is 23.8 Å². The Bertz CT molecular complexity index is 369. The van der Waals surface area contributed by atoms with Gasteiger partial charge in [0, 0.05) is 0 Å². The van der Waals surface area contributed by atoms with Gasteiger partial charge in [-0.05, 0) is 48.5 Å². The number of hydrogen-bond acceptors (Lipinski definition) is 1. The zero-order chi connectivity index (χ0) is 13.4. The van der Waals surface area contributed by atoms with Crippen LogP contribution in [0.5, 0.6) is 0 Å². The summed E-state index contributed by atoms with van der Waals surface area (Å²) in [7, 11) is 2.58. The lowest BCUT2D eigenvalue weighted by Crippen LogP contribution is -2.10. The van der Waals surface area contributed by atoms with Crippen molar-refractivity contribution in [2.24, 2.45) is 5.92 Å². The van der Waals surface area contributed by atoms with Gasteiger partial charge >= 0.3 is 0 Å². The highest BCUT2D eigenvalue weighted by Crippen LogP contribution is 2.35. The van der Waals surface area contributed by atoms with Crippen molar-refractivity contribution in [3.63, 3.8) is 0 Å². The first-order chi connectivity index (χ1) is 8.71. The van der Waals surface area contributed by atoms with Crippen LogP contribution in [0.3, 0.4) is 0 Å². The van der Waals surface area contributed by atoms with Gasteiger partial charge < -0.3 is 0 Å². The second kappa shape index (κ2) is 8.28. The van der Waals surface area contributed by atoms with Crippen molar-refractivity contribution in [2.75, 3.05) is 6.16 Å². The lowest BCUT2D eigenvalue weighted by molar-refractivity contribution is 0.348. The van der Waals surface area contributed by atoms with Gasteiger partial charge in [0.05, 0.1) is 11.6 Å². The van der Waals surface area contributed by atoms with Crippen molar-refractivity contribution in [1.29, 1.82) is 5.26 Å². The molecule has 0 bridgehead atoms. The molecule has 1 saturated carbocycles. The summed E-state index contributed by atoms with van der Waals surface area (Å²) in [6.07, 6.45) is 6.50. The Morgan fingerprint density at radius 2 is 1.67 bits per heavy atom. The van der Waals surface area contributed by atoms with Gasteiger partial charge in [-0.15, -0.1) is 9.24 Å². The molecule has 0 heterocycles. The van der Waals surface area contributed by atoms with Gasteiger partial charge in [-0.3, -0.25) is 0 Å². The van der Waals surface area contributed by atoms with E-state index in [2.05, 4.69) is 41.3 Å². The molecule has 0 spiro atoms. The first-order valence-electron chi connectivity index (χ1n) is 6.91. The molecule has 1 unspecified atom stereocenters. The van der Waals surface area contributed by atoms with Gasteiger partial charge in [0.1, 0.15) is 0 Å². The predicted molar refractivity (Wildman–Crippen MR) is 81.8 cm³/mol. The van der Waals surface area contributed by atoms with Gasteiger partial charge in [-0.25, -0.2) is 0 Å². The smallest absolute Gasteiger partial charge is 0.0991 e. The van der Waals surface area contributed by atoms with Crippen molar-refractivity contribution >= 4 is 9.24 Å². The van der Waals surface area contributed by atoms with Gasteiger partial charge in [0.15, 0.2) is 0 Å². The van der Waals surface area contributed by atoms with Crippen LogP contribution in [0.15, 0.2) is 24.3 Å². The van der Waals surface area contributed by atoms with Gasteiger partial charge in [0.25, 0.3) is 0 Å². The minimum atomic E-state index is 0.731. The summed E-state index contributed by atoms with van der Waals surface area (Å²) in [5.41, 5.74) is 2.18. The quantitative estimate of drug-likeness (QED) is 0.670. The Labute approximate surface area is 114 Å². The molecule has 0 saturated heterocycles. The maximum atomic E-state index is 8.72. The first kappa shape index (κ1) is 15.2. The van der Waals surface area contributed by atoms with Crippen LogP contribution in [0.25, 0.3) is 0 Å². The monoisotopic (exact) mass is 261 g/mol. The summed E-state index contributed by atoms with van der Waals surface area (Å²) >= 11 is 0. The van der Waals surface area contributed by atoms with E-state index in [9.17, 15) is 0 Å². The van der Waals surface area contributed by atoms with Crippen LogP contribution in [-0.2, 0) is 0 Å². The van der Waals surface area contributed by atoms with E-state index >= 15 is 0 Å². The molecule has 0 aliphatic heterocycles. The van der Waals surface area contributed by atoms with Crippen molar-refractivity contribution < 1.29 is 0 Å². The van der Waals surface area contributed by atoms with E-state index in [0.717, 1.165) is 17.4 Å². The summed E-state index contributed by atoms with van der Waals surface area (Å²) < 4.78 is 0. The molecule has 1 atom stereocenters. The number of nitrogens with zero attached hydrogens (tertiary/aromatic N) is 1. The standard InChI is InChI=1S/C14H17N.C2H7P/c1-11-2-6-13(7-3-11)14-8-4-12(10-15)5-9-14;1-2-3/h4-5,8-9,11,13H,2-3,6-7H2,1H3;2-3H2,1H3. The fourth-order valence-electron chi connectivity index (χ4n) is 2.42. The number of benzene rings is 1. The minimum Gasteiger partial charge on any atom is -0.192 e. The normalized spacial score (nSPS) is 22.6. The second-order valence-electron chi connectivity index (χ2n) is 5.10. The SMILES string of the molecule is CC1CCC(c2ccc(C#N)cc2)CC1.CCP. The van der Waals surface area contributed by atoms with E-state index in [1.54, 1.807) is 0 Å². The average Bonchev–Trinajstić information content (AvgIpc) is 2.41. The third kappa shape index (κ3) is 4.79. The number of rotatable bonds is 1. The Hall–Kier alpha value is -0.860. The first-order valence-corrected chi connectivity index (χ1v) is 7.73. The fraction of sp³-hybridized carbons (Fsp3) is 0.562. The van der Waals surface area contributed by atoms with Crippen LogP contribution in [0, 0.1) is 17.2 Å². The molecule has 2 heteroatoms. The summed E-state index contributed by atoms with van der Waals surface area (Å²) in [4.78, 5) is 0. The Kier molecular flexibility index (Phi) is 6.99. The molecule has 0 radical (unpaired) electrons. The number of hydrogen-bond donors (Lipinski definition) is 0. The largest absolute Gasteiger partial charge is 0.192 e. The molecule has 1 aliphatic rings. The van der Waals surface area contributed by atoms with Gasteiger partial charge in [-0.2, -0.15) is 5.26 Å². The van der Waals surface area contributed by atoms with E-state index < -0.39 is 0 Å².